The van der Waals surface area contributed by atoms with Gasteiger partial charge in [-0.25, -0.2) is 9.59 Å². The number of amides is 2. The van der Waals surface area contributed by atoms with E-state index in [1.165, 1.54) is 0 Å². The van der Waals surface area contributed by atoms with Gasteiger partial charge < -0.3 is 24.4 Å². The Kier molecular flexibility index (Phi) is 5.82. The van der Waals surface area contributed by atoms with Gasteiger partial charge in [-0.05, 0) is 32.8 Å². The molecule has 1 atom stereocenters. The highest BCUT2D eigenvalue weighted by Gasteiger charge is 2.60. The van der Waals surface area contributed by atoms with Crippen LogP contribution in [0.5, 0.6) is 0 Å². The summed E-state index contributed by atoms with van der Waals surface area (Å²) in [6.07, 6.45) is -0.342. The average Bonchev–Trinajstić information content (AvgIpc) is 3.00. The Morgan fingerprint density at radius 2 is 1.75 bits per heavy atom. The summed E-state index contributed by atoms with van der Waals surface area (Å²) in [6.45, 7) is 7.10. The number of hydrogen-bond acceptors (Lipinski definition) is 5. The molecule has 1 N–H and O–H groups in total. The van der Waals surface area contributed by atoms with Crippen LogP contribution >= 0.6 is 22.6 Å². The molecule has 2 saturated heterocycles. The van der Waals surface area contributed by atoms with Crippen LogP contribution < -0.4 is 0 Å². The maximum Gasteiger partial charge on any atom is 0.410 e. The highest BCUT2D eigenvalue weighted by atomic mass is 127. The quantitative estimate of drug-likeness (QED) is 0.508. The number of rotatable bonds is 3. The van der Waals surface area contributed by atoms with Crippen LogP contribution in [0.4, 0.5) is 9.59 Å². The summed E-state index contributed by atoms with van der Waals surface area (Å²) in [4.78, 5) is 27.7. The normalized spacial score (nSPS) is 23.9. The molecule has 0 aromatic heterocycles. The first-order valence-electron chi connectivity index (χ1n) is 9.36. The van der Waals surface area contributed by atoms with Crippen molar-refractivity contribution in [2.75, 3.05) is 26.2 Å². The Morgan fingerprint density at radius 1 is 1.11 bits per heavy atom. The Morgan fingerprint density at radius 3 is 2.36 bits per heavy atom. The molecular weight excluding hydrogens is 475 g/mol. The van der Waals surface area contributed by atoms with Gasteiger partial charge in [0.15, 0.2) is 0 Å². The SMILES string of the molecule is CC(C)(C)OC(=O)N1CCC(O)(C2(I)CN(C(=O)OCc3ccccc3)C2)C1. The van der Waals surface area contributed by atoms with Crippen molar-refractivity contribution in [1.29, 1.82) is 0 Å². The van der Waals surface area contributed by atoms with Gasteiger partial charge in [-0.1, -0.05) is 52.9 Å². The highest BCUT2D eigenvalue weighted by Crippen LogP contribution is 2.45. The maximum atomic E-state index is 12.3. The molecule has 7 nitrogen and oxygen atoms in total. The van der Waals surface area contributed by atoms with Crippen LogP contribution in [0.25, 0.3) is 0 Å². The topological polar surface area (TPSA) is 79.3 Å². The minimum atomic E-state index is -1.05. The lowest BCUT2D eigenvalue weighted by Gasteiger charge is -2.52. The molecule has 3 rings (SSSR count). The molecule has 2 heterocycles. The van der Waals surface area contributed by atoms with Crippen LogP contribution in [0.2, 0.25) is 0 Å². The fraction of sp³-hybridized carbons (Fsp3) is 0.600. The van der Waals surface area contributed by atoms with Crippen molar-refractivity contribution in [1.82, 2.24) is 9.80 Å². The highest BCUT2D eigenvalue weighted by molar-refractivity contribution is 14.1. The first-order chi connectivity index (χ1) is 13.0. The molecule has 154 valence electrons. The fourth-order valence-corrected chi connectivity index (χ4v) is 4.70. The van der Waals surface area contributed by atoms with Gasteiger partial charge in [0.2, 0.25) is 0 Å². The van der Waals surface area contributed by atoms with E-state index in [9.17, 15) is 14.7 Å². The van der Waals surface area contributed by atoms with E-state index in [2.05, 4.69) is 22.6 Å². The van der Waals surface area contributed by atoms with E-state index in [4.69, 9.17) is 9.47 Å². The second-order valence-electron chi connectivity index (χ2n) is 8.55. The molecule has 2 amide bonds. The van der Waals surface area contributed by atoms with Crippen LogP contribution in [0, 0.1) is 0 Å². The summed E-state index contributed by atoms with van der Waals surface area (Å²) < 4.78 is 10.2. The van der Waals surface area contributed by atoms with Gasteiger partial charge in [0.25, 0.3) is 0 Å². The van der Waals surface area contributed by atoms with Crippen molar-refractivity contribution in [3.63, 3.8) is 0 Å². The van der Waals surface area contributed by atoms with E-state index in [0.29, 0.717) is 26.1 Å². The number of benzene rings is 1. The number of hydrogen-bond donors (Lipinski definition) is 1. The molecule has 0 aliphatic carbocycles. The lowest BCUT2D eigenvalue weighted by atomic mass is 9.81. The molecule has 1 unspecified atom stereocenters. The van der Waals surface area contributed by atoms with Crippen LogP contribution in [0.1, 0.15) is 32.8 Å². The molecule has 8 heteroatoms. The predicted molar refractivity (Wildman–Crippen MR) is 112 cm³/mol. The molecule has 2 fully saturated rings. The maximum absolute atomic E-state index is 12.3. The lowest BCUT2D eigenvalue weighted by molar-refractivity contribution is -0.0463. The number of aliphatic hydroxyl groups is 1. The van der Waals surface area contributed by atoms with Crippen LogP contribution in [-0.2, 0) is 16.1 Å². The average molecular weight is 502 g/mol. The number of alkyl halides is 1. The standard InChI is InChI=1S/C20H27IN2O5/c1-18(2,3)28-17(25)22-10-9-20(26,14-22)19(21)12-23(13-19)16(24)27-11-15-7-5-4-6-8-15/h4-8,26H,9-14H2,1-3H3. The second kappa shape index (κ2) is 7.70. The van der Waals surface area contributed by atoms with Crippen LogP contribution in [0.15, 0.2) is 30.3 Å². The third-order valence-corrected chi connectivity index (χ3v) is 6.77. The van der Waals surface area contributed by atoms with Crippen molar-refractivity contribution in [2.45, 2.75) is 48.4 Å². The third kappa shape index (κ3) is 4.53. The second-order valence-corrected chi connectivity index (χ2v) is 10.6. The zero-order valence-electron chi connectivity index (χ0n) is 16.5. The molecule has 0 spiro atoms. The molecule has 28 heavy (non-hydrogen) atoms. The number of halogens is 1. The van der Waals surface area contributed by atoms with Gasteiger partial charge in [0, 0.05) is 19.6 Å². The van der Waals surface area contributed by atoms with Gasteiger partial charge in [-0.3, -0.25) is 0 Å². The molecule has 0 saturated carbocycles. The van der Waals surface area contributed by atoms with Crippen molar-refractivity contribution >= 4 is 34.8 Å². The largest absolute Gasteiger partial charge is 0.445 e. The molecule has 1 aromatic carbocycles. The Hall–Kier alpha value is -1.55. The Bertz CT molecular complexity index is 730. The molecule has 1 aromatic rings. The summed E-state index contributed by atoms with van der Waals surface area (Å²) in [5.41, 5.74) is -0.699. The number of carbonyl (C=O) groups is 2. The van der Waals surface area contributed by atoms with Gasteiger partial charge in [-0.2, -0.15) is 0 Å². The summed E-state index contributed by atoms with van der Waals surface area (Å²) in [5.74, 6) is 0. The summed E-state index contributed by atoms with van der Waals surface area (Å²) >= 11 is 2.22. The van der Waals surface area contributed by atoms with E-state index < -0.39 is 20.7 Å². The molecule has 0 radical (unpaired) electrons. The van der Waals surface area contributed by atoms with Crippen LogP contribution in [-0.4, -0.2) is 67.9 Å². The number of likely N-dealkylation sites (tertiary alicyclic amines) is 2. The van der Waals surface area contributed by atoms with Crippen molar-refractivity contribution in [2.24, 2.45) is 0 Å². The Labute approximate surface area is 179 Å². The van der Waals surface area contributed by atoms with Gasteiger partial charge in [0.1, 0.15) is 17.8 Å². The lowest BCUT2D eigenvalue weighted by Crippen LogP contribution is -2.71. The first-order valence-corrected chi connectivity index (χ1v) is 10.4. The van der Waals surface area contributed by atoms with E-state index in [1.807, 2.05) is 51.1 Å². The van der Waals surface area contributed by atoms with Crippen molar-refractivity contribution in [3.05, 3.63) is 35.9 Å². The van der Waals surface area contributed by atoms with Crippen molar-refractivity contribution < 1.29 is 24.2 Å². The number of β-amino-alcohol motifs (C(OH)–C–C–N with tert-alkyl or cyclic N) is 1. The van der Waals surface area contributed by atoms with E-state index >= 15 is 0 Å². The van der Waals surface area contributed by atoms with Crippen molar-refractivity contribution in [3.8, 4) is 0 Å². The molecule has 0 bridgehead atoms. The van der Waals surface area contributed by atoms with Gasteiger partial charge in [-0.15, -0.1) is 0 Å². The number of ether oxygens (including phenoxy) is 2. The summed E-state index contributed by atoms with van der Waals surface area (Å²) in [5, 5.41) is 11.2. The van der Waals surface area contributed by atoms with E-state index in [1.54, 1.807) is 9.80 Å². The third-order valence-electron chi connectivity index (χ3n) is 5.08. The predicted octanol–water partition coefficient (Wildman–Crippen LogP) is 3.18. The smallest absolute Gasteiger partial charge is 0.410 e. The summed E-state index contributed by atoms with van der Waals surface area (Å²) in [7, 11) is 0. The van der Waals surface area contributed by atoms with Gasteiger partial charge in [0.05, 0.1) is 9.97 Å². The van der Waals surface area contributed by atoms with Crippen LogP contribution in [0.3, 0.4) is 0 Å². The summed E-state index contributed by atoms with van der Waals surface area (Å²) in [6, 6.07) is 9.51. The molecule has 2 aliphatic heterocycles. The van der Waals surface area contributed by atoms with Gasteiger partial charge >= 0.3 is 12.2 Å². The Balaban J connectivity index is 1.51. The fourth-order valence-electron chi connectivity index (χ4n) is 3.43. The monoisotopic (exact) mass is 502 g/mol. The number of nitrogens with zero attached hydrogens (tertiary/aromatic N) is 2. The zero-order chi connectivity index (χ0) is 20.6. The van der Waals surface area contributed by atoms with E-state index in [0.717, 1.165) is 5.56 Å². The number of carbonyl (C=O) groups excluding carboxylic acids is 2. The van der Waals surface area contributed by atoms with E-state index in [-0.39, 0.29) is 19.2 Å². The zero-order valence-corrected chi connectivity index (χ0v) is 18.6. The minimum absolute atomic E-state index is 0.206. The molecule has 2 aliphatic rings. The molecular formula is C20H27IN2O5. The minimum Gasteiger partial charge on any atom is -0.445 e. The first kappa shape index (κ1) is 21.2.